The van der Waals surface area contributed by atoms with Gasteiger partial charge in [0.1, 0.15) is 0 Å². The molecule has 0 aliphatic heterocycles. The van der Waals surface area contributed by atoms with Gasteiger partial charge in [0.15, 0.2) is 0 Å². The molecule has 1 nitrogen and oxygen atoms in total. The maximum absolute atomic E-state index is 3.67. The van der Waals surface area contributed by atoms with E-state index in [1.807, 2.05) is 11.3 Å². The van der Waals surface area contributed by atoms with Crippen molar-refractivity contribution in [2.75, 3.05) is 6.54 Å². The first-order valence-electron chi connectivity index (χ1n) is 7.55. The average Bonchev–Trinajstić information content (AvgIpc) is 2.89. The third-order valence-corrected chi connectivity index (χ3v) is 4.76. The molecule has 0 aromatic carbocycles. The molecule has 0 radical (unpaired) electrons. The number of nitrogens with one attached hydrogen (secondary N) is 1. The molecule has 0 bridgehead atoms. The van der Waals surface area contributed by atoms with Gasteiger partial charge in [0, 0.05) is 10.9 Å². The number of thiophene rings is 1. The molecule has 1 unspecified atom stereocenters. The second kappa shape index (κ2) is 9.57. The monoisotopic (exact) mass is 267 g/mol. The molecule has 0 amide bonds. The Bertz CT molecular complexity index is 277. The maximum atomic E-state index is 3.67. The van der Waals surface area contributed by atoms with Crippen LogP contribution in [0.4, 0.5) is 0 Å². The first-order valence-corrected chi connectivity index (χ1v) is 8.43. The molecule has 0 aliphatic rings. The van der Waals surface area contributed by atoms with E-state index in [1.54, 1.807) is 0 Å². The van der Waals surface area contributed by atoms with Gasteiger partial charge in [-0.3, -0.25) is 0 Å². The topological polar surface area (TPSA) is 12.0 Å². The summed E-state index contributed by atoms with van der Waals surface area (Å²) in [5, 5.41) is 5.85. The van der Waals surface area contributed by atoms with Gasteiger partial charge in [-0.2, -0.15) is 0 Å². The smallest absolute Gasteiger partial charge is 0.00697 e. The van der Waals surface area contributed by atoms with E-state index in [9.17, 15) is 0 Å². The van der Waals surface area contributed by atoms with Crippen LogP contribution in [0.25, 0.3) is 0 Å². The van der Waals surface area contributed by atoms with Crippen molar-refractivity contribution in [2.24, 2.45) is 5.92 Å². The van der Waals surface area contributed by atoms with E-state index < -0.39 is 0 Å². The Morgan fingerprint density at radius 3 is 2.56 bits per heavy atom. The van der Waals surface area contributed by atoms with Crippen LogP contribution in [0.5, 0.6) is 0 Å². The predicted octanol–water partition coefficient (Wildman–Crippen LogP) is 4.88. The molecule has 2 heteroatoms. The number of aryl methyl sites for hydroxylation is 1. The molecule has 1 N–H and O–H groups in total. The largest absolute Gasteiger partial charge is 0.314 e. The third-order valence-electron chi connectivity index (χ3n) is 3.82. The van der Waals surface area contributed by atoms with E-state index in [0.717, 1.165) is 18.5 Å². The number of rotatable bonds is 10. The minimum atomic E-state index is 0.722. The molecule has 0 saturated heterocycles. The van der Waals surface area contributed by atoms with Gasteiger partial charge in [0.25, 0.3) is 0 Å². The summed E-state index contributed by atoms with van der Waals surface area (Å²) >= 11 is 1.89. The van der Waals surface area contributed by atoms with Crippen molar-refractivity contribution in [2.45, 2.75) is 65.3 Å². The SMILES string of the molecule is CCNC(CCCc1cccs1)CC(CC)CC. The Morgan fingerprint density at radius 2 is 2.00 bits per heavy atom. The molecular formula is C16H29NS. The standard InChI is InChI=1S/C16H29NS/c1-4-14(5-2)13-15(17-6-3)9-7-10-16-11-8-12-18-16/h8,11-12,14-15,17H,4-7,9-10,13H2,1-3H3. The van der Waals surface area contributed by atoms with Crippen LogP contribution in [0.1, 0.15) is 57.8 Å². The van der Waals surface area contributed by atoms with Crippen LogP contribution in [0.2, 0.25) is 0 Å². The molecule has 18 heavy (non-hydrogen) atoms. The molecule has 1 heterocycles. The maximum Gasteiger partial charge on any atom is 0.00697 e. The first kappa shape index (κ1) is 15.7. The van der Waals surface area contributed by atoms with Gasteiger partial charge in [-0.25, -0.2) is 0 Å². The highest BCUT2D eigenvalue weighted by Gasteiger charge is 2.13. The molecule has 0 fully saturated rings. The summed E-state index contributed by atoms with van der Waals surface area (Å²) < 4.78 is 0. The van der Waals surface area contributed by atoms with Crippen molar-refractivity contribution in [1.82, 2.24) is 5.32 Å². The molecule has 1 rings (SSSR count). The van der Waals surface area contributed by atoms with Crippen molar-refractivity contribution >= 4 is 11.3 Å². The van der Waals surface area contributed by atoms with Gasteiger partial charge < -0.3 is 5.32 Å². The fraction of sp³-hybridized carbons (Fsp3) is 0.750. The van der Waals surface area contributed by atoms with E-state index >= 15 is 0 Å². The summed E-state index contributed by atoms with van der Waals surface area (Å²) in [5.74, 6) is 0.899. The quantitative estimate of drug-likeness (QED) is 0.637. The molecule has 0 saturated carbocycles. The molecule has 1 aromatic heterocycles. The minimum Gasteiger partial charge on any atom is -0.314 e. The number of hydrogen-bond acceptors (Lipinski definition) is 2. The van der Waals surface area contributed by atoms with Gasteiger partial charge in [-0.15, -0.1) is 11.3 Å². The normalized spacial score (nSPS) is 13.1. The minimum absolute atomic E-state index is 0.722. The van der Waals surface area contributed by atoms with Crippen LogP contribution in [0.3, 0.4) is 0 Å². The van der Waals surface area contributed by atoms with Gasteiger partial charge in [-0.1, -0.05) is 39.7 Å². The van der Waals surface area contributed by atoms with Crippen molar-refractivity contribution in [3.8, 4) is 0 Å². The zero-order valence-electron chi connectivity index (χ0n) is 12.2. The fourth-order valence-corrected chi connectivity index (χ4v) is 3.35. The van der Waals surface area contributed by atoms with E-state index in [2.05, 4.69) is 43.6 Å². The van der Waals surface area contributed by atoms with E-state index in [0.29, 0.717) is 0 Å². The summed E-state index contributed by atoms with van der Waals surface area (Å²) in [5.41, 5.74) is 0. The average molecular weight is 267 g/mol. The lowest BCUT2D eigenvalue weighted by molar-refractivity contribution is 0.351. The lowest BCUT2D eigenvalue weighted by Gasteiger charge is -2.22. The summed E-state index contributed by atoms with van der Waals surface area (Å²) in [6.07, 6.45) is 7.89. The summed E-state index contributed by atoms with van der Waals surface area (Å²) in [6, 6.07) is 5.14. The van der Waals surface area contributed by atoms with Gasteiger partial charge in [-0.05, 0) is 49.6 Å². The van der Waals surface area contributed by atoms with Crippen LogP contribution in [0, 0.1) is 5.92 Å². The van der Waals surface area contributed by atoms with E-state index in [-0.39, 0.29) is 0 Å². The number of hydrogen-bond donors (Lipinski definition) is 1. The van der Waals surface area contributed by atoms with Crippen LogP contribution in [0.15, 0.2) is 17.5 Å². The second-order valence-electron chi connectivity index (χ2n) is 5.14. The molecule has 0 spiro atoms. The zero-order chi connectivity index (χ0) is 13.2. The lowest BCUT2D eigenvalue weighted by Crippen LogP contribution is -2.31. The highest BCUT2D eigenvalue weighted by molar-refractivity contribution is 7.09. The Balaban J connectivity index is 2.28. The molecule has 0 aliphatic carbocycles. The summed E-state index contributed by atoms with van der Waals surface area (Å²) in [7, 11) is 0. The van der Waals surface area contributed by atoms with Gasteiger partial charge in [0.2, 0.25) is 0 Å². The molecule has 1 atom stereocenters. The first-order chi connectivity index (χ1) is 8.80. The fourth-order valence-electron chi connectivity index (χ4n) is 2.59. The van der Waals surface area contributed by atoms with E-state index in [4.69, 9.17) is 0 Å². The Labute approximate surface area is 117 Å². The van der Waals surface area contributed by atoms with E-state index in [1.165, 1.54) is 43.4 Å². The highest BCUT2D eigenvalue weighted by Crippen LogP contribution is 2.19. The molecule has 1 aromatic rings. The van der Waals surface area contributed by atoms with Crippen LogP contribution in [-0.4, -0.2) is 12.6 Å². The van der Waals surface area contributed by atoms with Gasteiger partial charge >= 0.3 is 0 Å². The summed E-state index contributed by atoms with van der Waals surface area (Å²) in [6.45, 7) is 7.97. The Hall–Kier alpha value is -0.340. The van der Waals surface area contributed by atoms with Crippen molar-refractivity contribution < 1.29 is 0 Å². The lowest BCUT2D eigenvalue weighted by atomic mass is 9.92. The van der Waals surface area contributed by atoms with Crippen LogP contribution >= 0.6 is 11.3 Å². The molecule has 104 valence electrons. The van der Waals surface area contributed by atoms with Crippen LogP contribution in [-0.2, 0) is 6.42 Å². The van der Waals surface area contributed by atoms with Crippen molar-refractivity contribution in [1.29, 1.82) is 0 Å². The van der Waals surface area contributed by atoms with Crippen molar-refractivity contribution in [3.05, 3.63) is 22.4 Å². The Morgan fingerprint density at radius 1 is 1.22 bits per heavy atom. The summed E-state index contributed by atoms with van der Waals surface area (Å²) in [4.78, 5) is 1.53. The van der Waals surface area contributed by atoms with Gasteiger partial charge in [0.05, 0.1) is 0 Å². The highest BCUT2D eigenvalue weighted by atomic mass is 32.1. The third kappa shape index (κ3) is 6.01. The molecular weight excluding hydrogens is 238 g/mol. The van der Waals surface area contributed by atoms with Crippen molar-refractivity contribution in [3.63, 3.8) is 0 Å². The second-order valence-corrected chi connectivity index (χ2v) is 6.18. The predicted molar refractivity (Wildman–Crippen MR) is 83.4 cm³/mol. The van der Waals surface area contributed by atoms with Crippen LogP contribution < -0.4 is 5.32 Å². The Kier molecular flexibility index (Phi) is 8.36. The zero-order valence-corrected chi connectivity index (χ0v) is 13.1.